The summed E-state index contributed by atoms with van der Waals surface area (Å²) < 4.78 is 33.4. The zero-order valence-corrected chi connectivity index (χ0v) is 30.4. The van der Waals surface area contributed by atoms with Crippen LogP contribution < -0.4 is 0 Å². The van der Waals surface area contributed by atoms with Gasteiger partial charge in [-0.15, -0.1) is 0 Å². The van der Waals surface area contributed by atoms with E-state index in [1.807, 2.05) is 0 Å². The molecule has 0 radical (unpaired) electrons. The smallest absolute Gasteiger partial charge is 0.508 e. The van der Waals surface area contributed by atoms with E-state index in [1.54, 1.807) is 7.11 Å². The average molecular weight is 647 g/mol. The van der Waals surface area contributed by atoms with Gasteiger partial charge >= 0.3 is 12.3 Å². The monoisotopic (exact) mass is 646 g/mol. The first-order valence-corrected chi connectivity index (χ1v) is 20.5. The number of allylic oxidation sites excluding steroid dienone is 4. The molecular formula is C36H58O8Si. The molecule has 0 saturated heterocycles. The summed E-state index contributed by atoms with van der Waals surface area (Å²) in [6.45, 7) is 16.1. The van der Waals surface area contributed by atoms with Crippen molar-refractivity contribution in [2.75, 3.05) is 21.3 Å². The molecule has 0 amide bonds. The van der Waals surface area contributed by atoms with Gasteiger partial charge in [0.25, 0.3) is 5.95 Å². The second kappa shape index (κ2) is 14.1. The number of rotatable bonds is 11. The Hall–Kier alpha value is -2.42. The molecule has 0 bridgehead atoms. The van der Waals surface area contributed by atoms with Gasteiger partial charge in [0.15, 0.2) is 0 Å². The molecule has 3 fully saturated rings. The molecule has 0 unspecified atom stereocenters. The summed E-state index contributed by atoms with van der Waals surface area (Å²) in [6, 6.07) is 0. The molecule has 0 aliphatic heterocycles. The molecule has 8 nitrogen and oxygen atoms in total. The van der Waals surface area contributed by atoms with Crippen molar-refractivity contribution in [2.24, 2.45) is 40.4 Å². The van der Waals surface area contributed by atoms with Crippen LogP contribution in [0.15, 0.2) is 35.3 Å². The first-order chi connectivity index (χ1) is 21.2. The quantitative estimate of drug-likeness (QED) is 0.125. The van der Waals surface area contributed by atoms with Crippen LogP contribution in [0.3, 0.4) is 0 Å². The molecule has 9 heteroatoms. The Morgan fingerprint density at radius 3 is 2.29 bits per heavy atom. The van der Waals surface area contributed by atoms with E-state index in [0.717, 1.165) is 31.3 Å². The third kappa shape index (κ3) is 7.28. The van der Waals surface area contributed by atoms with Gasteiger partial charge in [0.05, 0.1) is 21.3 Å². The van der Waals surface area contributed by atoms with Gasteiger partial charge in [0.2, 0.25) is 8.32 Å². The lowest BCUT2D eigenvalue weighted by molar-refractivity contribution is -0.0833. The minimum Gasteiger partial charge on any atom is -0.520 e. The Bertz CT molecular complexity index is 1170. The number of unbranched alkanes of at least 4 members (excludes halogenated alkanes) is 1. The topological polar surface area (TPSA) is 89.5 Å². The zero-order valence-electron chi connectivity index (χ0n) is 29.4. The summed E-state index contributed by atoms with van der Waals surface area (Å²) in [6.07, 6.45) is 13.5. The standard InChI is InChI=1S/C36H58O8Si/c1-11-12-13-24(20-32(39-5)44-45(8,9)10)23(2)28-16-17-29-27-15-14-25-21-26(42-33(37)40-6)22-31(43-34(38)41-7)36(25,4)30(27)18-19-35(28,29)3/h14-15,20,23-24,26,28-31H,11-13,16-19,21-22H2,1-10H3/b32-20+/t23-,24-,26-,28-,29+,30+,31+,35-,36+/m1/s1. The maximum absolute atomic E-state index is 12.5. The second-order valence-electron chi connectivity index (χ2n) is 15.2. The molecule has 0 aromatic rings. The predicted octanol–water partition coefficient (Wildman–Crippen LogP) is 9.18. The van der Waals surface area contributed by atoms with Crippen molar-refractivity contribution in [3.05, 3.63) is 35.3 Å². The highest BCUT2D eigenvalue weighted by Gasteiger charge is 2.60. The number of hydrogen-bond donors (Lipinski definition) is 0. The maximum atomic E-state index is 12.5. The molecule has 4 rings (SSSR count). The van der Waals surface area contributed by atoms with Crippen molar-refractivity contribution in [1.29, 1.82) is 0 Å². The molecule has 0 heterocycles. The van der Waals surface area contributed by atoms with E-state index in [4.69, 9.17) is 28.1 Å². The van der Waals surface area contributed by atoms with E-state index in [0.29, 0.717) is 42.5 Å². The first kappa shape index (κ1) is 35.4. The number of carbonyl (C=O) groups is 2. The van der Waals surface area contributed by atoms with Crippen molar-refractivity contribution in [2.45, 2.75) is 117 Å². The molecular weight excluding hydrogens is 588 g/mol. The van der Waals surface area contributed by atoms with Crippen molar-refractivity contribution in [1.82, 2.24) is 0 Å². The van der Waals surface area contributed by atoms with Crippen LogP contribution in [-0.2, 0) is 28.1 Å². The zero-order chi connectivity index (χ0) is 33.2. The highest BCUT2D eigenvalue weighted by atomic mass is 28.4. The fraction of sp³-hybridized carbons (Fsp3) is 0.778. The van der Waals surface area contributed by atoms with E-state index < -0.39 is 38.3 Å². The maximum Gasteiger partial charge on any atom is 0.508 e. The van der Waals surface area contributed by atoms with E-state index in [-0.39, 0.29) is 11.3 Å². The van der Waals surface area contributed by atoms with Crippen LogP contribution in [0.5, 0.6) is 0 Å². The van der Waals surface area contributed by atoms with Crippen molar-refractivity contribution < 1.29 is 37.7 Å². The van der Waals surface area contributed by atoms with Crippen molar-refractivity contribution in [3.63, 3.8) is 0 Å². The summed E-state index contributed by atoms with van der Waals surface area (Å²) >= 11 is 0. The van der Waals surface area contributed by atoms with Gasteiger partial charge in [-0.2, -0.15) is 0 Å². The Kier molecular flexibility index (Phi) is 11.1. The van der Waals surface area contributed by atoms with E-state index in [9.17, 15) is 9.59 Å². The van der Waals surface area contributed by atoms with Gasteiger partial charge in [-0.05, 0) is 92.8 Å². The Morgan fingerprint density at radius 1 is 0.978 bits per heavy atom. The number of hydrogen-bond acceptors (Lipinski definition) is 8. The fourth-order valence-electron chi connectivity index (χ4n) is 9.37. The first-order valence-electron chi connectivity index (χ1n) is 17.1. The Balaban J connectivity index is 1.64. The number of carbonyl (C=O) groups excluding carboxylic acids is 2. The number of ether oxygens (including phenoxy) is 5. The minimum atomic E-state index is -1.80. The van der Waals surface area contributed by atoms with Crippen LogP contribution in [0.2, 0.25) is 19.6 Å². The normalized spacial score (nSPS) is 34.1. The lowest BCUT2D eigenvalue weighted by Crippen LogP contribution is -2.54. The van der Waals surface area contributed by atoms with Crippen LogP contribution in [0, 0.1) is 40.4 Å². The fourth-order valence-corrected chi connectivity index (χ4v) is 10.1. The second-order valence-corrected chi connectivity index (χ2v) is 19.7. The molecule has 4 aliphatic rings. The predicted molar refractivity (Wildman–Crippen MR) is 177 cm³/mol. The molecule has 4 aliphatic carbocycles. The van der Waals surface area contributed by atoms with Crippen LogP contribution >= 0.6 is 0 Å². The van der Waals surface area contributed by atoms with Crippen LogP contribution in [0.25, 0.3) is 0 Å². The largest absolute Gasteiger partial charge is 0.520 e. The van der Waals surface area contributed by atoms with Gasteiger partial charge < -0.3 is 28.1 Å². The summed E-state index contributed by atoms with van der Waals surface area (Å²) in [5.74, 6) is 2.87. The molecule has 0 aromatic heterocycles. The summed E-state index contributed by atoms with van der Waals surface area (Å²) in [4.78, 5) is 24.5. The van der Waals surface area contributed by atoms with Gasteiger partial charge in [-0.3, -0.25) is 0 Å². The lowest BCUT2D eigenvalue weighted by Gasteiger charge is -2.57. The summed E-state index contributed by atoms with van der Waals surface area (Å²) in [5, 5.41) is 0. The molecule has 254 valence electrons. The minimum absolute atomic E-state index is 0.179. The van der Waals surface area contributed by atoms with E-state index >= 15 is 0 Å². The molecule has 9 atom stereocenters. The van der Waals surface area contributed by atoms with Crippen molar-refractivity contribution in [3.8, 4) is 0 Å². The van der Waals surface area contributed by atoms with Gasteiger partial charge in [0, 0.05) is 18.3 Å². The highest BCUT2D eigenvalue weighted by Crippen LogP contribution is 2.67. The molecule has 0 N–H and O–H groups in total. The van der Waals surface area contributed by atoms with Gasteiger partial charge in [0.1, 0.15) is 12.2 Å². The average Bonchev–Trinajstić information content (AvgIpc) is 3.35. The molecule has 0 spiro atoms. The molecule has 45 heavy (non-hydrogen) atoms. The van der Waals surface area contributed by atoms with Gasteiger partial charge in [-0.25, -0.2) is 9.59 Å². The van der Waals surface area contributed by atoms with Crippen LogP contribution in [0.4, 0.5) is 9.59 Å². The molecule has 3 saturated carbocycles. The summed E-state index contributed by atoms with van der Waals surface area (Å²) in [7, 11) is 2.57. The summed E-state index contributed by atoms with van der Waals surface area (Å²) in [5.41, 5.74) is 2.44. The Morgan fingerprint density at radius 2 is 1.67 bits per heavy atom. The third-order valence-corrected chi connectivity index (χ3v) is 12.5. The van der Waals surface area contributed by atoms with Crippen LogP contribution in [-0.4, -0.2) is 54.2 Å². The van der Waals surface area contributed by atoms with E-state index in [1.165, 1.54) is 39.1 Å². The number of methoxy groups -OCH3 is 3. The van der Waals surface area contributed by atoms with Gasteiger partial charge in [-0.1, -0.05) is 63.8 Å². The molecule has 0 aromatic carbocycles. The van der Waals surface area contributed by atoms with E-state index in [2.05, 4.69) is 65.6 Å². The third-order valence-electron chi connectivity index (χ3n) is 11.7. The van der Waals surface area contributed by atoms with Crippen molar-refractivity contribution >= 4 is 20.6 Å². The number of fused-ring (bicyclic) bond motifs is 5. The SMILES string of the molecule is CCCC[C@H](/C=C(\OC)O[Si](C)(C)C)[C@@H](C)[C@H]1CC[C@H]2C3=CC=C4C[C@@H](OC(=O)OC)C[C@H](OC(=O)OC)[C@]4(C)[C@H]3CC[C@]12C. The highest BCUT2D eigenvalue weighted by molar-refractivity contribution is 6.70. The lowest BCUT2D eigenvalue weighted by atomic mass is 9.49. The Labute approximate surface area is 272 Å². The van der Waals surface area contributed by atoms with Crippen LogP contribution in [0.1, 0.15) is 85.5 Å².